The molecule has 14 aromatic rings. The molecular formula is C79H86N14O13S2. The minimum atomic E-state index is -0.425. The van der Waals surface area contributed by atoms with E-state index in [0.717, 1.165) is 67.1 Å². The van der Waals surface area contributed by atoms with Crippen LogP contribution in [-0.2, 0) is 43.3 Å². The second-order valence-electron chi connectivity index (χ2n) is 24.6. The minimum absolute atomic E-state index is 0.0184. The maximum absolute atomic E-state index is 12.0. The number of aromatic nitrogens is 14. The van der Waals surface area contributed by atoms with E-state index in [0.29, 0.717) is 109 Å². The molecule has 0 aromatic carbocycles. The van der Waals surface area contributed by atoms with Crippen LogP contribution in [0.15, 0.2) is 185 Å². The molecule has 29 heteroatoms. The van der Waals surface area contributed by atoms with Crippen molar-refractivity contribution in [2.24, 2.45) is 0 Å². The van der Waals surface area contributed by atoms with E-state index in [4.69, 9.17) is 29.2 Å². The van der Waals surface area contributed by atoms with Crippen molar-refractivity contribution in [1.82, 2.24) is 66.3 Å². The number of hydrogen-bond donors (Lipinski definition) is 7. The van der Waals surface area contributed by atoms with E-state index in [9.17, 15) is 59.7 Å². The zero-order valence-corrected chi connectivity index (χ0v) is 62.9. The van der Waals surface area contributed by atoms with Gasteiger partial charge in [-0.1, -0.05) is 99.1 Å². The average molecular weight is 1500 g/mol. The highest BCUT2D eigenvalue weighted by atomic mass is 32.1. The lowest BCUT2D eigenvalue weighted by Gasteiger charge is -2.06. The van der Waals surface area contributed by atoms with Crippen LogP contribution in [0, 0.1) is 9.28 Å². The van der Waals surface area contributed by atoms with Gasteiger partial charge in [-0.3, -0.25) is 55.6 Å². The Morgan fingerprint density at radius 1 is 0.407 bits per heavy atom. The number of hydrogen-bond acceptors (Lipinski definition) is 23. The van der Waals surface area contributed by atoms with Gasteiger partial charge in [-0.15, -0.1) is 0 Å². The van der Waals surface area contributed by atoms with Gasteiger partial charge in [-0.05, 0) is 143 Å². The van der Waals surface area contributed by atoms with Gasteiger partial charge in [0.2, 0.25) is 0 Å². The van der Waals surface area contributed by atoms with Crippen LogP contribution < -0.4 is 22.2 Å². The standard InChI is InChI=1S/C13H14N2O3.C12H14N2O2.C12H14N2OS.2C11H12N2O2.C10H10N2O2.C10H10N2OS/c1-3-10-12(16)11-8(6-14-10)5-9(7-15-11)13(17)18-4-2;2*1-2-3-5-9-8-13-11-10(15)6-4-7-14(11)12(9)16;1-7(2)8-6-12-10-9(14)4-3-5-13(10)11(8)15;1-2-4-8-7-12-10-9(14)5-3-6-13(10)11(8)15;2*1-2-7-6-11-9-8(13)4-3-5-12(9)10(7)14/h5-7,16H,3-4H2,1-2H3;2*4,6-8,15H,2-3,5H2,1H3;3-7,14H,1-2H3;3,5-7,14H,2,4H2,1H3;2*3-6,13H,2H2,1H3. The van der Waals surface area contributed by atoms with Gasteiger partial charge in [0, 0.05) is 126 Å². The highest BCUT2D eigenvalue weighted by Crippen LogP contribution is 2.27. The molecule has 0 fully saturated rings. The number of pyridine rings is 8. The molecule has 27 nitrogen and oxygen atoms in total. The maximum atomic E-state index is 12.0. The number of fused-ring (bicyclic) bond motifs is 7. The second kappa shape index (κ2) is 38.6. The molecule has 7 N–H and O–H groups in total. The number of unbranched alkanes of at least 4 members (excludes halogenated alkanes) is 2. The Morgan fingerprint density at radius 3 is 1.18 bits per heavy atom. The third kappa shape index (κ3) is 19.4. The zero-order chi connectivity index (χ0) is 78.3. The number of nitrogens with zero attached hydrogens (tertiary/aromatic N) is 14. The monoisotopic (exact) mass is 1500 g/mol. The highest BCUT2D eigenvalue weighted by Gasteiger charge is 2.15. The van der Waals surface area contributed by atoms with Gasteiger partial charge in [-0.25, -0.2) is 34.7 Å². The fraction of sp³-hybridized carbons (Fsp3) is 0.278. The van der Waals surface area contributed by atoms with E-state index in [1.54, 1.807) is 126 Å². The lowest BCUT2D eigenvalue weighted by atomic mass is 10.1. The molecule has 0 aliphatic carbocycles. The first-order valence-electron chi connectivity index (χ1n) is 35.2. The Bertz CT molecular complexity index is 5700. The number of aromatic hydroxyl groups is 7. The summed E-state index contributed by atoms with van der Waals surface area (Å²) in [6.45, 7) is 18.0. The first-order chi connectivity index (χ1) is 52.0. The van der Waals surface area contributed by atoms with Crippen LogP contribution >= 0.6 is 24.4 Å². The molecule has 0 spiro atoms. The van der Waals surface area contributed by atoms with Crippen LogP contribution in [0.25, 0.3) is 44.8 Å². The summed E-state index contributed by atoms with van der Waals surface area (Å²) in [6, 6.07) is 20.9. The van der Waals surface area contributed by atoms with E-state index in [1.807, 2.05) is 53.9 Å². The molecule has 0 saturated carbocycles. The lowest BCUT2D eigenvalue weighted by Crippen LogP contribution is -2.19. The van der Waals surface area contributed by atoms with Gasteiger partial charge in [-0.2, -0.15) is 0 Å². The average Bonchev–Trinajstić information content (AvgIpc) is 0.827. The van der Waals surface area contributed by atoms with Gasteiger partial charge in [0.25, 0.3) is 22.2 Å². The van der Waals surface area contributed by atoms with Crippen LogP contribution in [0.3, 0.4) is 0 Å². The first-order valence-corrected chi connectivity index (χ1v) is 36.0. The van der Waals surface area contributed by atoms with Crippen molar-refractivity contribution >= 4 is 75.2 Å². The van der Waals surface area contributed by atoms with Crippen molar-refractivity contribution < 1.29 is 45.3 Å². The number of rotatable bonds is 14. The van der Waals surface area contributed by atoms with Gasteiger partial charge < -0.3 is 40.5 Å². The molecule has 0 radical (unpaired) electrons. The molecule has 0 bridgehead atoms. The van der Waals surface area contributed by atoms with Crippen molar-refractivity contribution in [1.29, 1.82) is 0 Å². The molecular weight excluding hydrogens is 1420 g/mol. The molecule has 0 amide bonds. The van der Waals surface area contributed by atoms with Crippen LogP contribution in [0.2, 0.25) is 0 Å². The van der Waals surface area contributed by atoms with Crippen molar-refractivity contribution in [3.05, 3.63) is 261 Å². The predicted molar refractivity (Wildman–Crippen MR) is 418 cm³/mol. The first kappa shape index (κ1) is 81.3. The summed E-state index contributed by atoms with van der Waals surface area (Å²) in [5.74, 6) is 0.189. The SMILES string of the molecule is CC(C)c1cnc2c(O)cccn2c1=O.CCCCc1cnc2c(O)cccn2c1=O.CCCCc1cnc2c(O)cccn2c1=S.CCCc1cnc2c(O)cccn2c1=O.CCOC(=O)c1cnc2c(O)c(CC)ncc2c1.CCc1cnc2c(O)cccn2c1=O.CCc1cnc2c(O)cccn2c1=S. The molecule has 14 rings (SSSR count). The highest BCUT2D eigenvalue weighted by molar-refractivity contribution is 7.71. The third-order valence-corrected chi connectivity index (χ3v) is 17.7. The van der Waals surface area contributed by atoms with Crippen molar-refractivity contribution in [2.75, 3.05) is 6.61 Å². The summed E-state index contributed by atoms with van der Waals surface area (Å²) >= 11 is 10.6. The number of esters is 1. The molecule has 562 valence electrons. The maximum Gasteiger partial charge on any atom is 0.339 e. The number of carbonyl (C=O) groups excluding carboxylic acids is 1. The van der Waals surface area contributed by atoms with Crippen LogP contribution in [-0.4, -0.2) is 115 Å². The van der Waals surface area contributed by atoms with Crippen LogP contribution in [0.5, 0.6) is 40.2 Å². The fourth-order valence-corrected chi connectivity index (χ4v) is 11.5. The normalized spacial score (nSPS) is 10.8. The predicted octanol–water partition coefficient (Wildman–Crippen LogP) is 13.1. The summed E-state index contributed by atoms with van der Waals surface area (Å²) in [5.41, 5.74) is 7.99. The van der Waals surface area contributed by atoms with E-state index >= 15 is 0 Å². The molecule has 0 aliphatic rings. The van der Waals surface area contributed by atoms with E-state index in [2.05, 4.69) is 53.7 Å². The largest absolute Gasteiger partial charge is 0.504 e. The van der Waals surface area contributed by atoms with E-state index in [1.165, 1.54) is 60.5 Å². The van der Waals surface area contributed by atoms with Gasteiger partial charge >= 0.3 is 5.97 Å². The van der Waals surface area contributed by atoms with E-state index < -0.39 is 5.97 Å². The van der Waals surface area contributed by atoms with E-state index in [-0.39, 0.29) is 68.4 Å². The lowest BCUT2D eigenvalue weighted by molar-refractivity contribution is 0.0526. The number of carbonyl (C=O) groups is 1. The van der Waals surface area contributed by atoms with Crippen molar-refractivity contribution in [3.63, 3.8) is 0 Å². The Morgan fingerprint density at radius 2 is 0.769 bits per heavy atom. The Kier molecular flexibility index (Phi) is 29.0. The summed E-state index contributed by atoms with van der Waals surface area (Å²) < 4.78 is 15.3. The molecule has 0 atom stereocenters. The summed E-state index contributed by atoms with van der Waals surface area (Å²) in [5, 5.41) is 67.7. The van der Waals surface area contributed by atoms with Crippen molar-refractivity contribution in [3.8, 4) is 40.2 Å². The van der Waals surface area contributed by atoms with Gasteiger partial charge in [0.05, 0.1) is 17.9 Å². The van der Waals surface area contributed by atoms with Gasteiger partial charge in [0.15, 0.2) is 74.1 Å². The van der Waals surface area contributed by atoms with Crippen molar-refractivity contribution in [2.45, 2.75) is 139 Å². The molecule has 14 heterocycles. The Hall–Kier alpha value is -12.4. The molecule has 0 saturated heterocycles. The topological polar surface area (TPSA) is 366 Å². The minimum Gasteiger partial charge on any atom is -0.504 e. The fourth-order valence-electron chi connectivity index (χ4n) is 10.9. The Balaban J connectivity index is 0.000000159. The van der Waals surface area contributed by atoms with Gasteiger partial charge in [0.1, 0.15) is 14.8 Å². The molecule has 0 unspecified atom stereocenters. The summed E-state index contributed by atoms with van der Waals surface area (Å²) in [4.78, 5) is 92.0. The number of ether oxygens (including phenoxy) is 1. The molecule has 108 heavy (non-hydrogen) atoms. The second-order valence-corrected chi connectivity index (χ2v) is 25.4. The quantitative estimate of drug-likeness (QED) is 0.0393. The third-order valence-electron chi connectivity index (χ3n) is 16.8. The Labute approximate surface area is 630 Å². The molecule has 14 aromatic heterocycles. The molecule has 0 aliphatic heterocycles. The zero-order valence-electron chi connectivity index (χ0n) is 61.3. The van der Waals surface area contributed by atoms with Crippen LogP contribution in [0.4, 0.5) is 0 Å². The summed E-state index contributed by atoms with van der Waals surface area (Å²) in [7, 11) is 0. The summed E-state index contributed by atoms with van der Waals surface area (Å²) in [6.07, 6.45) is 32.4. The number of aryl methyl sites for hydroxylation is 6. The smallest absolute Gasteiger partial charge is 0.339 e. The van der Waals surface area contributed by atoms with Crippen LogP contribution in [0.1, 0.15) is 150 Å².